The van der Waals surface area contributed by atoms with Gasteiger partial charge in [-0.2, -0.15) is 0 Å². The molecule has 0 N–H and O–H groups in total. The van der Waals surface area contributed by atoms with Crippen molar-refractivity contribution >= 4 is 42.3 Å². The van der Waals surface area contributed by atoms with Crippen molar-refractivity contribution in [1.29, 1.82) is 0 Å². The van der Waals surface area contributed by atoms with Crippen LogP contribution in [0.1, 0.15) is 25.0 Å². The Bertz CT molecular complexity index is 2420. The Labute approximate surface area is 260 Å². The summed E-state index contributed by atoms with van der Waals surface area (Å²) >= 11 is 1.84. The first-order valence-electron chi connectivity index (χ1n) is 15.1. The maximum absolute atomic E-state index is 5.25. The lowest BCUT2D eigenvalue weighted by atomic mass is 9.81. The maximum Gasteiger partial charge on any atom is 0.160 e. The largest absolute Gasteiger partial charge is 0.228 e. The van der Waals surface area contributed by atoms with Gasteiger partial charge in [-0.25, -0.2) is 9.97 Å². The highest BCUT2D eigenvalue weighted by atomic mass is 32.1. The number of hydrogen-bond acceptors (Lipinski definition) is 3. The molecule has 9 rings (SSSR count). The summed E-state index contributed by atoms with van der Waals surface area (Å²) in [6, 6.07) is 48.1. The third kappa shape index (κ3) is 3.79. The number of aromatic nitrogens is 2. The van der Waals surface area contributed by atoms with Crippen molar-refractivity contribution in [3.8, 4) is 45.0 Å². The van der Waals surface area contributed by atoms with Crippen LogP contribution in [-0.2, 0) is 5.41 Å². The van der Waals surface area contributed by atoms with Gasteiger partial charge < -0.3 is 0 Å². The number of hydrogen-bond donors (Lipinski definition) is 0. The monoisotopic (exact) mass is 580 g/mol. The van der Waals surface area contributed by atoms with Crippen molar-refractivity contribution in [3.63, 3.8) is 0 Å². The number of fused-ring (bicyclic) bond motifs is 7. The zero-order chi connectivity index (χ0) is 29.4. The number of nitrogens with zero attached hydrogens (tertiary/aromatic N) is 2. The minimum atomic E-state index is -0.116. The molecule has 2 heterocycles. The van der Waals surface area contributed by atoms with Gasteiger partial charge in [0.25, 0.3) is 0 Å². The zero-order valence-electron chi connectivity index (χ0n) is 24.5. The number of thiophene rings is 1. The average Bonchev–Trinajstić information content (AvgIpc) is 3.55. The highest BCUT2D eigenvalue weighted by Crippen LogP contribution is 2.53. The van der Waals surface area contributed by atoms with Crippen LogP contribution in [0.5, 0.6) is 0 Å². The molecule has 0 radical (unpaired) electrons. The number of benzene rings is 6. The molecule has 2 nitrogen and oxygen atoms in total. The molecule has 1 aliphatic rings. The molecule has 1 aliphatic carbocycles. The van der Waals surface area contributed by atoms with E-state index in [1.807, 2.05) is 17.4 Å². The van der Waals surface area contributed by atoms with Crippen molar-refractivity contribution in [2.45, 2.75) is 19.3 Å². The predicted molar refractivity (Wildman–Crippen MR) is 186 cm³/mol. The first-order valence-corrected chi connectivity index (χ1v) is 15.9. The normalized spacial score (nSPS) is 13.4. The van der Waals surface area contributed by atoms with E-state index in [9.17, 15) is 0 Å². The van der Waals surface area contributed by atoms with Crippen molar-refractivity contribution in [1.82, 2.24) is 9.97 Å². The number of rotatable bonds is 3. The molecular weight excluding hydrogens is 553 g/mol. The van der Waals surface area contributed by atoms with Crippen LogP contribution >= 0.6 is 11.3 Å². The van der Waals surface area contributed by atoms with Crippen molar-refractivity contribution in [2.24, 2.45) is 0 Å². The smallest absolute Gasteiger partial charge is 0.160 e. The summed E-state index contributed by atoms with van der Waals surface area (Å²) < 4.78 is 2.58. The zero-order valence-corrected chi connectivity index (χ0v) is 25.3. The molecule has 208 valence electrons. The van der Waals surface area contributed by atoms with Crippen LogP contribution in [0.3, 0.4) is 0 Å². The van der Waals surface area contributed by atoms with E-state index in [1.165, 1.54) is 53.2 Å². The van der Waals surface area contributed by atoms with Gasteiger partial charge in [0, 0.05) is 42.3 Å². The second-order valence-corrected chi connectivity index (χ2v) is 13.3. The molecule has 0 unspecified atom stereocenters. The Morgan fingerprint density at radius 3 is 2.09 bits per heavy atom. The summed E-state index contributed by atoms with van der Waals surface area (Å²) in [5.41, 5.74) is 10.3. The Morgan fingerprint density at radius 1 is 0.500 bits per heavy atom. The van der Waals surface area contributed by atoms with Crippen molar-refractivity contribution in [2.75, 3.05) is 0 Å². The van der Waals surface area contributed by atoms with Crippen LogP contribution in [0.15, 0.2) is 133 Å². The Balaban J connectivity index is 1.29. The van der Waals surface area contributed by atoms with Gasteiger partial charge in [-0.15, -0.1) is 11.3 Å². The maximum atomic E-state index is 5.25. The van der Waals surface area contributed by atoms with Crippen LogP contribution in [0.25, 0.3) is 76.0 Å². The molecule has 0 aliphatic heterocycles. The second kappa shape index (κ2) is 9.44. The van der Waals surface area contributed by atoms with E-state index in [4.69, 9.17) is 9.97 Å². The molecular formula is C41H28N2S. The molecule has 0 fully saturated rings. The van der Waals surface area contributed by atoms with Crippen LogP contribution < -0.4 is 0 Å². The summed E-state index contributed by atoms with van der Waals surface area (Å²) in [5.74, 6) is 0.739. The third-order valence-electron chi connectivity index (χ3n) is 9.27. The fourth-order valence-corrected chi connectivity index (χ4v) is 8.17. The van der Waals surface area contributed by atoms with Crippen LogP contribution in [0.4, 0.5) is 0 Å². The van der Waals surface area contributed by atoms with Gasteiger partial charge in [-0.3, -0.25) is 0 Å². The van der Waals surface area contributed by atoms with Crippen LogP contribution in [0, 0.1) is 0 Å². The van der Waals surface area contributed by atoms with Crippen LogP contribution in [-0.4, -0.2) is 9.97 Å². The van der Waals surface area contributed by atoms with E-state index in [1.54, 1.807) is 0 Å². The molecule has 0 spiro atoms. The standard InChI is InChI=1S/C41H28N2S/c1-41(2)33-17-10-16-31(39(33)32-21-26-13-6-7-14-27(26)22-34(32)41)36-24-35(42-40(43-36)25-11-4-3-5-12-25)28-19-20-30-29-15-8-9-18-37(29)44-38(30)23-28/h3-24H,1-2H3. The molecule has 3 heteroatoms. The Hall–Kier alpha value is -5.12. The first-order chi connectivity index (χ1) is 21.5. The van der Waals surface area contributed by atoms with Crippen LogP contribution in [0.2, 0.25) is 0 Å². The molecule has 0 bridgehead atoms. The first kappa shape index (κ1) is 25.4. The van der Waals surface area contributed by atoms with E-state index in [0.29, 0.717) is 0 Å². The van der Waals surface area contributed by atoms with Gasteiger partial charge in [0.05, 0.1) is 11.4 Å². The fourth-order valence-electron chi connectivity index (χ4n) is 7.02. The van der Waals surface area contributed by atoms with Gasteiger partial charge in [0.1, 0.15) is 0 Å². The predicted octanol–water partition coefficient (Wildman–Crippen LogP) is 11.3. The van der Waals surface area contributed by atoms with Gasteiger partial charge in [-0.05, 0) is 63.4 Å². The molecule has 8 aromatic rings. The van der Waals surface area contributed by atoms with Gasteiger partial charge in [0.2, 0.25) is 0 Å². The van der Waals surface area contributed by atoms with Gasteiger partial charge in [0.15, 0.2) is 5.82 Å². The summed E-state index contributed by atoms with van der Waals surface area (Å²) in [6.45, 7) is 4.69. The summed E-state index contributed by atoms with van der Waals surface area (Å²) in [7, 11) is 0. The molecule has 0 atom stereocenters. The van der Waals surface area contributed by atoms with Crippen molar-refractivity contribution < 1.29 is 0 Å². The average molecular weight is 581 g/mol. The quantitative estimate of drug-likeness (QED) is 0.208. The summed E-state index contributed by atoms with van der Waals surface area (Å²) in [4.78, 5) is 10.4. The SMILES string of the molecule is CC1(C)c2cc3ccccc3cc2-c2c(-c3cc(-c4ccc5c(c4)sc4ccccc45)nc(-c4ccccc4)n3)cccc21. The second-order valence-electron chi connectivity index (χ2n) is 12.2. The molecule has 44 heavy (non-hydrogen) atoms. The third-order valence-corrected chi connectivity index (χ3v) is 10.4. The van der Waals surface area contributed by atoms with E-state index < -0.39 is 0 Å². The van der Waals surface area contributed by atoms with E-state index in [0.717, 1.165) is 33.9 Å². The highest BCUT2D eigenvalue weighted by molar-refractivity contribution is 7.25. The topological polar surface area (TPSA) is 25.8 Å². The van der Waals surface area contributed by atoms with Crippen molar-refractivity contribution in [3.05, 3.63) is 145 Å². The minimum Gasteiger partial charge on any atom is -0.228 e. The molecule has 0 saturated heterocycles. The molecule has 2 aromatic heterocycles. The highest BCUT2D eigenvalue weighted by Gasteiger charge is 2.37. The van der Waals surface area contributed by atoms with Gasteiger partial charge >= 0.3 is 0 Å². The Morgan fingerprint density at radius 2 is 1.23 bits per heavy atom. The van der Waals surface area contributed by atoms with E-state index >= 15 is 0 Å². The lowest BCUT2D eigenvalue weighted by molar-refractivity contribution is 0.661. The summed E-state index contributed by atoms with van der Waals surface area (Å²) in [5, 5.41) is 5.13. The Kier molecular flexibility index (Phi) is 5.45. The van der Waals surface area contributed by atoms with E-state index in [-0.39, 0.29) is 5.41 Å². The lowest BCUT2D eigenvalue weighted by Crippen LogP contribution is -2.14. The summed E-state index contributed by atoms with van der Waals surface area (Å²) in [6.07, 6.45) is 0. The fraction of sp³-hybridized carbons (Fsp3) is 0.0732. The van der Waals surface area contributed by atoms with E-state index in [2.05, 4.69) is 141 Å². The molecule has 6 aromatic carbocycles. The lowest BCUT2D eigenvalue weighted by Gasteiger charge is -2.22. The minimum absolute atomic E-state index is 0.116. The molecule has 0 amide bonds. The molecule has 0 saturated carbocycles. The van der Waals surface area contributed by atoms with Gasteiger partial charge in [-0.1, -0.05) is 117 Å².